The fourth-order valence-corrected chi connectivity index (χ4v) is 2.47. The zero-order valence-electron chi connectivity index (χ0n) is 11.2. The molecule has 3 N–H and O–H groups in total. The molecule has 0 bridgehead atoms. The monoisotopic (exact) mass is 320 g/mol. The largest absolute Gasteiger partial charge is 0.437 e. The Morgan fingerprint density at radius 1 is 1.27 bits per heavy atom. The van der Waals surface area contributed by atoms with E-state index in [9.17, 15) is 32.3 Å². The number of ketones is 1. The number of rotatable bonds is 2. The Balaban J connectivity index is 2.54. The highest BCUT2D eigenvalue weighted by molar-refractivity contribution is 5.86. The first-order chi connectivity index (χ1) is 10.1. The van der Waals surface area contributed by atoms with Gasteiger partial charge in [-0.2, -0.15) is 13.2 Å². The molecule has 5 nitrogen and oxygen atoms in total. The van der Waals surface area contributed by atoms with Crippen LogP contribution in [0.25, 0.3) is 0 Å². The lowest BCUT2D eigenvalue weighted by Crippen LogP contribution is -2.72. The molecule has 1 saturated heterocycles. The average Bonchev–Trinajstić information content (AvgIpc) is 2.36. The molecular formula is C13H12F4N2O3. The van der Waals surface area contributed by atoms with Crippen LogP contribution >= 0.6 is 0 Å². The molecule has 1 aromatic carbocycles. The van der Waals surface area contributed by atoms with Crippen LogP contribution in [0.15, 0.2) is 24.3 Å². The molecule has 0 radical (unpaired) electrons. The van der Waals surface area contributed by atoms with E-state index in [0.717, 1.165) is 31.2 Å². The van der Waals surface area contributed by atoms with Crippen molar-refractivity contribution in [2.45, 2.75) is 24.9 Å². The summed E-state index contributed by atoms with van der Waals surface area (Å²) in [4.78, 5) is 23.2. The van der Waals surface area contributed by atoms with Crippen LogP contribution < -0.4 is 10.6 Å². The zero-order chi connectivity index (χ0) is 16.7. The molecule has 9 heteroatoms. The number of hydrogen-bond donors (Lipinski definition) is 3. The summed E-state index contributed by atoms with van der Waals surface area (Å²) in [5.74, 6) is -3.63. The number of urea groups is 1. The minimum absolute atomic E-state index is 0.0686. The number of nitrogens with one attached hydrogen (secondary N) is 2. The van der Waals surface area contributed by atoms with E-state index in [1.807, 2.05) is 0 Å². The quantitative estimate of drug-likeness (QED) is 0.725. The van der Waals surface area contributed by atoms with Crippen molar-refractivity contribution in [1.29, 1.82) is 0 Å². The Hall–Kier alpha value is -2.16. The van der Waals surface area contributed by atoms with Crippen molar-refractivity contribution in [3.05, 3.63) is 35.6 Å². The van der Waals surface area contributed by atoms with Crippen LogP contribution in [0.4, 0.5) is 22.4 Å². The molecule has 1 aliphatic rings. The molecule has 22 heavy (non-hydrogen) atoms. The summed E-state index contributed by atoms with van der Waals surface area (Å²) in [5, 5.41) is 13.4. The first kappa shape index (κ1) is 16.2. The fraction of sp³-hybridized carbons (Fsp3) is 0.385. The van der Waals surface area contributed by atoms with E-state index in [4.69, 9.17) is 0 Å². The number of aliphatic hydroxyl groups is 1. The lowest BCUT2D eigenvalue weighted by molar-refractivity contribution is -0.290. The second-order valence-electron chi connectivity index (χ2n) is 4.98. The minimum atomic E-state index is -5.26. The summed E-state index contributed by atoms with van der Waals surface area (Å²) in [5.41, 5.74) is -3.64. The molecule has 3 atom stereocenters. The summed E-state index contributed by atoms with van der Waals surface area (Å²) in [6.07, 6.45) is -5.26. The van der Waals surface area contributed by atoms with Crippen molar-refractivity contribution in [3.8, 4) is 0 Å². The van der Waals surface area contributed by atoms with Crippen molar-refractivity contribution >= 4 is 11.8 Å². The predicted molar refractivity (Wildman–Crippen MR) is 66.0 cm³/mol. The highest BCUT2D eigenvalue weighted by Gasteiger charge is 2.65. The van der Waals surface area contributed by atoms with E-state index in [1.54, 1.807) is 0 Å². The van der Waals surface area contributed by atoms with Crippen molar-refractivity contribution in [3.63, 3.8) is 0 Å². The van der Waals surface area contributed by atoms with Gasteiger partial charge in [0.1, 0.15) is 11.6 Å². The van der Waals surface area contributed by atoms with E-state index in [0.29, 0.717) is 0 Å². The Morgan fingerprint density at radius 3 is 2.27 bits per heavy atom. The SMILES string of the molecule is CC(=O)[C@@H]1[C@@H](c2ccc(F)cc2)NC(=O)N[C@@]1(O)C(F)(F)F. The Kier molecular flexibility index (Phi) is 3.86. The summed E-state index contributed by atoms with van der Waals surface area (Å²) < 4.78 is 52.4. The van der Waals surface area contributed by atoms with Gasteiger partial charge in [0.2, 0.25) is 5.72 Å². The third kappa shape index (κ3) is 2.63. The number of alkyl halides is 3. The van der Waals surface area contributed by atoms with E-state index in [2.05, 4.69) is 5.32 Å². The summed E-state index contributed by atoms with van der Waals surface area (Å²) in [7, 11) is 0. The highest BCUT2D eigenvalue weighted by atomic mass is 19.4. The van der Waals surface area contributed by atoms with Gasteiger partial charge in [0.15, 0.2) is 0 Å². The molecule has 0 spiro atoms. The van der Waals surface area contributed by atoms with Crippen LogP contribution in [0.3, 0.4) is 0 Å². The Bertz CT molecular complexity index is 602. The molecule has 1 heterocycles. The number of benzene rings is 1. The van der Waals surface area contributed by atoms with Crippen molar-refractivity contribution in [1.82, 2.24) is 10.6 Å². The molecule has 2 amide bonds. The predicted octanol–water partition coefficient (Wildman–Crippen LogP) is 1.64. The molecule has 1 fully saturated rings. The maximum atomic E-state index is 13.2. The number of hydrogen-bond acceptors (Lipinski definition) is 3. The minimum Gasteiger partial charge on any atom is -0.363 e. The third-order valence-electron chi connectivity index (χ3n) is 3.47. The topological polar surface area (TPSA) is 78.4 Å². The van der Waals surface area contributed by atoms with Gasteiger partial charge in [-0.25, -0.2) is 9.18 Å². The first-order valence-electron chi connectivity index (χ1n) is 6.20. The number of halogens is 4. The van der Waals surface area contributed by atoms with Crippen LogP contribution in [0.2, 0.25) is 0 Å². The molecule has 0 aromatic heterocycles. The number of amides is 2. The standard InChI is InChI=1S/C13H12F4N2O3/c1-6(20)9-10(7-2-4-8(14)5-3-7)18-11(21)19-12(9,22)13(15,16)17/h2-5,9-10,22H,1H3,(H2,18,19,21)/t9-,10-,12+/m1/s1. The van der Waals surface area contributed by atoms with Crippen LogP contribution in [-0.4, -0.2) is 28.8 Å². The van der Waals surface area contributed by atoms with Gasteiger partial charge in [0.05, 0.1) is 12.0 Å². The van der Waals surface area contributed by atoms with Gasteiger partial charge >= 0.3 is 12.2 Å². The van der Waals surface area contributed by atoms with Crippen LogP contribution in [0.5, 0.6) is 0 Å². The van der Waals surface area contributed by atoms with Gasteiger partial charge < -0.3 is 15.7 Å². The van der Waals surface area contributed by atoms with Gasteiger partial charge in [0.25, 0.3) is 0 Å². The maximum Gasteiger partial charge on any atom is 0.437 e. The highest BCUT2D eigenvalue weighted by Crippen LogP contribution is 2.42. The van der Waals surface area contributed by atoms with Crippen molar-refractivity contribution in [2.24, 2.45) is 5.92 Å². The molecule has 1 aliphatic heterocycles. The zero-order valence-corrected chi connectivity index (χ0v) is 11.2. The molecule has 0 unspecified atom stereocenters. The average molecular weight is 320 g/mol. The molecule has 1 aromatic rings. The van der Waals surface area contributed by atoms with Gasteiger partial charge in [0, 0.05) is 0 Å². The number of carbonyl (C=O) groups is 2. The van der Waals surface area contributed by atoms with E-state index >= 15 is 0 Å². The van der Waals surface area contributed by atoms with Crippen LogP contribution in [0.1, 0.15) is 18.5 Å². The van der Waals surface area contributed by atoms with Gasteiger partial charge in [-0.1, -0.05) is 12.1 Å². The summed E-state index contributed by atoms with van der Waals surface area (Å²) in [6.45, 7) is 0.872. The number of carbonyl (C=O) groups excluding carboxylic acids is 2. The van der Waals surface area contributed by atoms with E-state index in [-0.39, 0.29) is 5.56 Å². The number of Topliss-reactive ketones (excluding diaryl/α,β-unsaturated/α-hetero) is 1. The fourth-order valence-electron chi connectivity index (χ4n) is 2.47. The van der Waals surface area contributed by atoms with E-state index < -0.39 is 41.5 Å². The normalized spacial score (nSPS) is 28.7. The van der Waals surface area contributed by atoms with Crippen molar-refractivity contribution in [2.75, 3.05) is 0 Å². The summed E-state index contributed by atoms with van der Waals surface area (Å²) >= 11 is 0. The smallest absolute Gasteiger partial charge is 0.363 e. The van der Waals surface area contributed by atoms with E-state index in [1.165, 1.54) is 5.32 Å². The molecular weight excluding hydrogens is 308 g/mol. The van der Waals surface area contributed by atoms with Gasteiger partial charge in [-0.3, -0.25) is 4.79 Å². The van der Waals surface area contributed by atoms with Crippen LogP contribution in [-0.2, 0) is 4.79 Å². The summed E-state index contributed by atoms with van der Waals surface area (Å²) in [6, 6.07) is 1.50. The Labute approximate surface area is 122 Å². The van der Waals surface area contributed by atoms with Crippen molar-refractivity contribution < 1.29 is 32.3 Å². The van der Waals surface area contributed by atoms with Crippen LogP contribution in [0, 0.1) is 11.7 Å². The third-order valence-corrected chi connectivity index (χ3v) is 3.47. The first-order valence-corrected chi connectivity index (χ1v) is 6.20. The molecule has 120 valence electrons. The molecule has 0 saturated carbocycles. The lowest BCUT2D eigenvalue weighted by atomic mass is 9.79. The van der Waals surface area contributed by atoms with Gasteiger partial charge in [-0.15, -0.1) is 0 Å². The second-order valence-corrected chi connectivity index (χ2v) is 4.98. The molecule has 0 aliphatic carbocycles. The Morgan fingerprint density at radius 2 is 1.82 bits per heavy atom. The lowest BCUT2D eigenvalue weighted by Gasteiger charge is -2.44. The van der Waals surface area contributed by atoms with Gasteiger partial charge in [-0.05, 0) is 24.6 Å². The molecule has 2 rings (SSSR count). The second kappa shape index (κ2) is 5.24. The maximum absolute atomic E-state index is 13.2.